The molecule has 2 N–H and O–H groups in total. The fourth-order valence-electron chi connectivity index (χ4n) is 2.40. The van der Waals surface area contributed by atoms with E-state index in [1.165, 1.54) is 0 Å². The minimum Gasteiger partial charge on any atom is -0.396 e. The Morgan fingerprint density at radius 2 is 2.12 bits per heavy atom. The van der Waals surface area contributed by atoms with Gasteiger partial charge in [-0.3, -0.25) is 0 Å². The van der Waals surface area contributed by atoms with Crippen LogP contribution in [0.4, 0.5) is 0 Å². The molecule has 1 atom stereocenters. The zero-order valence-electron chi connectivity index (χ0n) is 11.3. The van der Waals surface area contributed by atoms with Gasteiger partial charge in [0.25, 0.3) is 0 Å². The highest BCUT2D eigenvalue weighted by Crippen LogP contribution is 2.13. The number of piperidine rings is 1. The summed E-state index contributed by atoms with van der Waals surface area (Å²) < 4.78 is 5.37. The summed E-state index contributed by atoms with van der Waals surface area (Å²) in [6, 6.07) is 0.430. The van der Waals surface area contributed by atoms with E-state index in [-0.39, 0.29) is 6.61 Å². The third kappa shape index (κ3) is 5.82. The number of methoxy groups -OCH3 is 1. The molecule has 0 aromatic carbocycles. The molecule has 1 unspecified atom stereocenters. The summed E-state index contributed by atoms with van der Waals surface area (Å²) in [6.45, 7) is 6.78. The molecule has 1 aliphatic heterocycles. The third-order valence-electron chi connectivity index (χ3n) is 3.51. The summed E-state index contributed by atoms with van der Waals surface area (Å²) in [6.07, 6.45) is 4.72. The van der Waals surface area contributed by atoms with Crippen LogP contribution in [-0.4, -0.2) is 62.0 Å². The molecule has 4 nitrogen and oxygen atoms in total. The van der Waals surface area contributed by atoms with Crippen molar-refractivity contribution in [3.63, 3.8) is 0 Å². The van der Waals surface area contributed by atoms with Crippen molar-refractivity contribution in [2.45, 2.75) is 44.8 Å². The van der Waals surface area contributed by atoms with E-state index in [1.54, 1.807) is 7.11 Å². The molecule has 0 bridgehead atoms. The summed E-state index contributed by atoms with van der Waals surface area (Å²) in [7, 11) is 1.80. The Kier molecular flexibility index (Phi) is 7.77. The maximum absolute atomic E-state index is 9.07. The molecule has 0 aromatic rings. The zero-order valence-corrected chi connectivity index (χ0v) is 11.3. The second kappa shape index (κ2) is 8.86. The number of nitrogens with one attached hydrogen (secondary N) is 1. The van der Waals surface area contributed by atoms with Gasteiger partial charge in [-0.25, -0.2) is 0 Å². The van der Waals surface area contributed by atoms with Gasteiger partial charge in [-0.1, -0.05) is 6.92 Å². The van der Waals surface area contributed by atoms with Gasteiger partial charge >= 0.3 is 0 Å². The first-order valence-electron chi connectivity index (χ1n) is 6.89. The molecular weight excluding hydrogens is 216 g/mol. The molecule has 17 heavy (non-hydrogen) atoms. The normalized spacial score (nSPS) is 20.6. The average Bonchev–Trinajstić information content (AvgIpc) is 2.37. The van der Waals surface area contributed by atoms with E-state index in [0.29, 0.717) is 12.1 Å². The van der Waals surface area contributed by atoms with E-state index < -0.39 is 0 Å². The monoisotopic (exact) mass is 244 g/mol. The predicted octanol–water partition coefficient (Wildman–Crippen LogP) is 0.848. The Bertz CT molecular complexity index is 182. The SMILES string of the molecule is CCCNC(CCO)CN1CCC(OC)CC1. The molecule has 1 aliphatic rings. The van der Waals surface area contributed by atoms with Crippen molar-refractivity contribution >= 4 is 0 Å². The average molecular weight is 244 g/mol. The van der Waals surface area contributed by atoms with E-state index in [4.69, 9.17) is 9.84 Å². The van der Waals surface area contributed by atoms with Crippen LogP contribution in [0.1, 0.15) is 32.6 Å². The quantitative estimate of drug-likeness (QED) is 0.664. The Labute approximate surface area is 105 Å². The topological polar surface area (TPSA) is 44.7 Å². The summed E-state index contributed by atoms with van der Waals surface area (Å²) in [5.41, 5.74) is 0. The summed E-state index contributed by atoms with van der Waals surface area (Å²) in [5, 5.41) is 12.6. The van der Waals surface area contributed by atoms with Crippen LogP contribution in [0.3, 0.4) is 0 Å². The molecule has 0 aliphatic carbocycles. The molecule has 1 rings (SSSR count). The Balaban J connectivity index is 2.24. The van der Waals surface area contributed by atoms with Crippen molar-refractivity contribution in [2.75, 3.05) is 39.9 Å². The van der Waals surface area contributed by atoms with Gasteiger partial charge in [-0.15, -0.1) is 0 Å². The van der Waals surface area contributed by atoms with Gasteiger partial charge in [0.05, 0.1) is 6.10 Å². The van der Waals surface area contributed by atoms with Gasteiger partial charge < -0.3 is 20.1 Å². The molecule has 1 heterocycles. The predicted molar refractivity (Wildman–Crippen MR) is 70.3 cm³/mol. The lowest BCUT2D eigenvalue weighted by Gasteiger charge is -2.33. The van der Waals surface area contributed by atoms with Crippen LogP contribution in [-0.2, 0) is 4.74 Å². The molecule has 0 saturated carbocycles. The highest BCUT2D eigenvalue weighted by Gasteiger charge is 2.20. The van der Waals surface area contributed by atoms with Crippen molar-refractivity contribution in [2.24, 2.45) is 0 Å². The highest BCUT2D eigenvalue weighted by molar-refractivity contribution is 4.77. The second-order valence-electron chi connectivity index (χ2n) is 4.90. The highest BCUT2D eigenvalue weighted by atomic mass is 16.5. The third-order valence-corrected chi connectivity index (χ3v) is 3.51. The van der Waals surface area contributed by atoms with Crippen molar-refractivity contribution in [1.29, 1.82) is 0 Å². The zero-order chi connectivity index (χ0) is 12.5. The Morgan fingerprint density at radius 1 is 1.41 bits per heavy atom. The van der Waals surface area contributed by atoms with Gasteiger partial charge in [0.1, 0.15) is 0 Å². The summed E-state index contributed by atoms with van der Waals surface area (Å²) in [5.74, 6) is 0. The van der Waals surface area contributed by atoms with E-state index in [0.717, 1.165) is 51.9 Å². The van der Waals surface area contributed by atoms with Crippen LogP contribution in [0.2, 0.25) is 0 Å². The number of nitrogens with zero attached hydrogens (tertiary/aromatic N) is 1. The van der Waals surface area contributed by atoms with E-state index in [9.17, 15) is 0 Å². The molecule has 0 aromatic heterocycles. The first kappa shape index (κ1) is 14.9. The molecule has 4 heteroatoms. The first-order chi connectivity index (χ1) is 8.30. The van der Waals surface area contributed by atoms with Gasteiger partial charge in [-0.05, 0) is 32.2 Å². The molecule has 1 fully saturated rings. The molecule has 102 valence electrons. The second-order valence-corrected chi connectivity index (χ2v) is 4.90. The van der Waals surface area contributed by atoms with Crippen LogP contribution >= 0.6 is 0 Å². The minimum atomic E-state index is 0.274. The fraction of sp³-hybridized carbons (Fsp3) is 1.00. The lowest BCUT2D eigenvalue weighted by atomic mass is 10.1. The van der Waals surface area contributed by atoms with Crippen LogP contribution < -0.4 is 5.32 Å². The van der Waals surface area contributed by atoms with Gasteiger partial charge in [-0.2, -0.15) is 0 Å². The van der Waals surface area contributed by atoms with Gasteiger partial charge in [0, 0.05) is 39.4 Å². The Hall–Kier alpha value is -0.160. The minimum absolute atomic E-state index is 0.274. The van der Waals surface area contributed by atoms with Crippen LogP contribution in [0.25, 0.3) is 0 Å². The first-order valence-corrected chi connectivity index (χ1v) is 6.89. The van der Waals surface area contributed by atoms with Crippen molar-refractivity contribution in [3.8, 4) is 0 Å². The Morgan fingerprint density at radius 3 is 2.65 bits per heavy atom. The van der Waals surface area contributed by atoms with Gasteiger partial charge in [0.2, 0.25) is 0 Å². The molecular formula is C13H28N2O2. The van der Waals surface area contributed by atoms with E-state index in [1.807, 2.05) is 0 Å². The number of hydrogen-bond acceptors (Lipinski definition) is 4. The number of ether oxygens (including phenoxy) is 1. The largest absolute Gasteiger partial charge is 0.396 e. The molecule has 0 amide bonds. The van der Waals surface area contributed by atoms with E-state index in [2.05, 4.69) is 17.1 Å². The van der Waals surface area contributed by atoms with Crippen LogP contribution in [0, 0.1) is 0 Å². The molecule has 1 saturated heterocycles. The summed E-state index contributed by atoms with van der Waals surface area (Å²) >= 11 is 0. The number of rotatable bonds is 8. The van der Waals surface area contributed by atoms with E-state index >= 15 is 0 Å². The van der Waals surface area contributed by atoms with Crippen molar-refractivity contribution < 1.29 is 9.84 Å². The summed E-state index contributed by atoms with van der Waals surface area (Å²) in [4.78, 5) is 2.48. The standard InChI is InChI=1S/C13H28N2O2/c1-3-7-14-12(6-10-16)11-15-8-4-13(17-2)5-9-15/h12-14,16H,3-11H2,1-2H3. The van der Waals surface area contributed by atoms with Crippen molar-refractivity contribution in [1.82, 2.24) is 10.2 Å². The number of aliphatic hydroxyl groups excluding tert-OH is 1. The van der Waals surface area contributed by atoms with Gasteiger partial charge in [0.15, 0.2) is 0 Å². The number of hydrogen-bond donors (Lipinski definition) is 2. The van der Waals surface area contributed by atoms with Crippen LogP contribution in [0.15, 0.2) is 0 Å². The number of likely N-dealkylation sites (tertiary alicyclic amines) is 1. The van der Waals surface area contributed by atoms with Crippen molar-refractivity contribution in [3.05, 3.63) is 0 Å². The number of aliphatic hydroxyl groups is 1. The maximum Gasteiger partial charge on any atom is 0.0595 e. The lowest BCUT2D eigenvalue weighted by Crippen LogP contribution is -2.45. The van der Waals surface area contributed by atoms with Crippen LogP contribution in [0.5, 0.6) is 0 Å². The molecule has 0 radical (unpaired) electrons. The lowest BCUT2D eigenvalue weighted by molar-refractivity contribution is 0.0375. The smallest absolute Gasteiger partial charge is 0.0595 e. The fourth-order valence-corrected chi connectivity index (χ4v) is 2.40. The maximum atomic E-state index is 9.07. The molecule has 0 spiro atoms.